The van der Waals surface area contributed by atoms with Gasteiger partial charge in [-0.2, -0.15) is 0 Å². The lowest BCUT2D eigenvalue weighted by atomic mass is 10.1. The Bertz CT molecular complexity index is 423. The zero-order chi connectivity index (χ0) is 11.2. The topological polar surface area (TPSA) is 55.6 Å². The first-order chi connectivity index (χ1) is 7.75. The molecule has 4 nitrogen and oxygen atoms in total. The van der Waals surface area contributed by atoms with Gasteiger partial charge in [0.15, 0.2) is 0 Å². The number of ether oxygens (including phenoxy) is 1. The first kappa shape index (κ1) is 9.66. The second-order valence-electron chi connectivity index (χ2n) is 4.48. The van der Waals surface area contributed by atoms with Crippen LogP contribution < -0.4 is 10.6 Å². The number of carbonyl (C=O) groups is 1. The van der Waals surface area contributed by atoms with Gasteiger partial charge in [0.1, 0.15) is 6.61 Å². The minimum absolute atomic E-state index is 0.0404. The van der Waals surface area contributed by atoms with E-state index < -0.39 is 0 Å². The van der Waals surface area contributed by atoms with Crippen LogP contribution in [0.2, 0.25) is 0 Å². The summed E-state index contributed by atoms with van der Waals surface area (Å²) in [5.74, 6) is 0. The van der Waals surface area contributed by atoms with Gasteiger partial charge in [0.05, 0.1) is 5.54 Å². The Balaban J connectivity index is 1.93. The van der Waals surface area contributed by atoms with Gasteiger partial charge >= 0.3 is 6.09 Å². The molecule has 1 saturated heterocycles. The lowest BCUT2D eigenvalue weighted by molar-refractivity contribution is 0.178. The van der Waals surface area contributed by atoms with Crippen molar-refractivity contribution in [3.05, 3.63) is 29.8 Å². The van der Waals surface area contributed by atoms with Crippen LogP contribution in [-0.4, -0.2) is 18.2 Å². The van der Waals surface area contributed by atoms with Crippen LogP contribution >= 0.6 is 0 Å². The Labute approximate surface area is 94.0 Å². The number of hydrogen-bond acceptors (Lipinski definition) is 3. The van der Waals surface area contributed by atoms with Crippen molar-refractivity contribution < 1.29 is 9.53 Å². The number of rotatable bonds is 2. The summed E-state index contributed by atoms with van der Waals surface area (Å²) in [4.78, 5) is 13.4. The molecule has 0 atom stereocenters. The lowest BCUT2D eigenvalue weighted by Gasteiger charge is -2.20. The van der Waals surface area contributed by atoms with E-state index in [0.29, 0.717) is 13.2 Å². The Morgan fingerprint density at radius 2 is 2.00 bits per heavy atom. The lowest BCUT2D eigenvalue weighted by Crippen LogP contribution is -2.35. The number of nitrogens with zero attached hydrogens (tertiary/aromatic N) is 1. The number of carbonyl (C=O) groups excluding carboxylic acids is 1. The molecule has 84 valence electrons. The van der Waals surface area contributed by atoms with E-state index in [2.05, 4.69) is 0 Å². The van der Waals surface area contributed by atoms with Gasteiger partial charge in [-0.15, -0.1) is 0 Å². The number of amides is 1. The van der Waals surface area contributed by atoms with E-state index in [0.717, 1.165) is 24.1 Å². The first-order valence-electron chi connectivity index (χ1n) is 5.51. The highest BCUT2D eigenvalue weighted by Gasteiger charge is 2.57. The molecule has 1 aliphatic heterocycles. The monoisotopic (exact) mass is 218 g/mol. The Morgan fingerprint density at radius 1 is 1.31 bits per heavy atom. The number of nitrogens with two attached hydrogens (primary N) is 1. The van der Waals surface area contributed by atoms with Crippen molar-refractivity contribution in [1.82, 2.24) is 0 Å². The molecule has 1 heterocycles. The summed E-state index contributed by atoms with van der Waals surface area (Å²) in [6.07, 6.45) is 1.85. The van der Waals surface area contributed by atoms with Gasteiger partial charge in [-0.05, 0) is 30.5 Å². The zero-order valence-corrected chi connectivity index (χ0v) is 8.98. The van der Waals surface area contributed by atoms with Crippen LogP contribution in [0.1, 0.15) is 18.4 Å². The predicted molar refractivity (Wildman–Crippen MR) is 60.1 cm³/mol. The van der Waals surface area contributed by atoms with Crippen LogP contribution in [-0.2, 0) is 11.3 Å². The summed E-state index contributed by atoms with van der Waals surface area (Å²) in [6, 6.07) is 7.79. The molecule has 1 aliphatic carbocycles. The van der Waals surface area contributed by atoms with Gasteiger partial charge in [-0.1, -0.05) is 12.1 Å². The first-order valence-corrected chi connectivity index (χ1v) is 5.51. The Hall–Kier alpha value is -1.55. The van der Waals surface area contributed by atoms with Crippen molar-refractivity contribution >= 4 is 11.8 Å². The summed E-state index contributed by atoms with van der Waals surface area (Å²) < 4.78 is 5.12. The predicted octanol–water partition coefficient (Wildman–Crippen LogP) is 1.63. The van der Waals surface area contributed by atoms with Crippen LogP contribution in [0.4, 0.5) is 10.5 Å². The van der Waals surface area contributed by atoms with Crippen LogP contribution in [0.5, 0.6) is 0 Å². The summed E-state index contributed by atoms with van der Waals surface area (Å²) in [5.41, 5.74) is 7.49. The molecular weight excluding hydrogens is 204 g/mol. The van der Waals surface area contributed by atoms with Gasteiger partial charge in [-0.3, -0.25) is 4.90 Å². The molecule has 1 aromatic rings. The van der Waals surface area contributed by atoms with Gasteiger partial charge in [0.25, 0.3) is 0 Å². The van der Waals surface area contributed by atoms with Crippen molar-refractivity contribution in [1.29, 1.82) is 0 Å². The molecular formula is C12H14N2O2. The average Bonchev–Trinajstić information content (AvgIpc) is 3.01. The van der Waals surface area contributed by atoms with E-state index in [1.54, 1.807) is 4.90 Å². The van der Waals surface area contributed by atoms with Crippen molar-refractivity contribution in [2.24, 2.45) is 5.73 Å². The Kier molecular flexibility index (Phi) is 1.94. The zero-order valence-electron chi connectivity index (χ0n) is 8.98. The molecule has 0 radical (unpaired) electrons. The van der Waals surface area contributed by atoms with Gasteiger partial charge in [-0.25, -0.2) is 4.79 Å². The van der Waals surface area contributed by atoms with E-state index in [-0.39, 0.29) is 11.6 Å². The molecule has 3 rings (SSSR count). The summed E-state index contributed by atoms with van der Waals surface area (Å²) in [7, 11) is 0. The minimum atomic E-state index is -0.224. The normalized spacial score (nSPS) is 21.3. The molecule has 2 aliphatic rings. The highest BCUT2D eigenvalue weighted by molar-refractivity contribution is 5.92. The third-order valence-corrected chi connectivity index (χ3v) is 3.38. The molecule has 2 N–H and O–H groups in total. The fourth-order valence-electron chi connectivity index (χ4n) is 2.19. The largest absolute Gasteiger partial charge is 0.447 e. The number of anilines is 1. The van der Waals surface area contributed by atoms with Crippen molar-refractivity contribution in [2.75, 3.05) is 11.5 Å². The summed E-state index contributed by atoms with van der Waals surface area (Å²) in [6.45, 7) is 1.06. The average molecular weight is 218 g/mol. The molecule has 4 heteroatoms. The third-order valence-electron chi connectivity index (χ3n) is 3.38. The molecule has 1 aromatic carbocycles. The third kappa shape index (κ3) is 1.30. The SMILES string of the molecule is NCc1ccc(N2C(=O)OCC23CC3)cc1. The van der Waals surface area contributed by atoms with Crippen LogP contribution in [0, 0.1) is 0 Å². The molecule has 2 fully saturated rings. The quantitative estimate of drug-likeness (QED) is 0.820. The minimum Gasteiger partial charge on any atom is -0.447 e. The molecule has 1 amide bonds. The van der Waals surface area contributed by atoms with Gasteiger partial charge in [0.2, 0.25) is 0 Å². The van der Waals surface area contributed by atoms with E-state index >= 15 is 0 Å². The molecule has 16 heavy (non-hydrogen) atoms. The van der Waals surface area contributed by atoms with Crippen LogP contribution in [0.3, 0.4) is 0 Å². The standard InChI is InChI=1S/C12H14N2O2/c13-7-9-1-3-10(4-2-9)14-11(15)16-8-12(14)5-6-12/h1-4H,5-8,13H2. The van der Waals surface area contributed by atoms with Crippen LogP contribution in [0.25, 0.3) is 0 Å². The second-order valence-corrected chi connectivity index (χ2v) is 4.48. The molecule has 0 bridgehead atoms. The number of benzene rings is 1. The van der Waals surface area contributed by atoms with E-state index in [1.807, 2.05) is 24.3 Å². The highest BCUT2D eigenvalue weighted by atomic mass is 16.6. The maximum Gasteiger partial charge on any atom is 0.415 e. The van der Waals surface area contributed by atoms with Crippen molar-refractivity contribution in [3.8, 4) is 0 Å². The highest BCUT2D eigenvalue weighted by Crippen LogP contribution is 2.48. The van der Waals surface area contributed by atoms with Crippen molar-refractivity contribution in [3.63, 3.8) is 0 Å². The molecule has 1 spiro atoms. The summed E-state index contributed by atoms with van der Waals surface area (Å²) >= 11 is 0. The molecule has 0 aromatic heterocycles. The van der Waals surface area contributed by atoms with Gasteiger partial charge < -0.3 is 10.5 Å². The Morgan fingerprint density at radius 3 is 2.56 bits per heavy atom. The fourth-order valence-corrected chi connectivity index (χ4v) is 2.19. The van der Waals surface area contributed by atoms with Crippen LogP contribution in [0.15, 0.2) is 24.3 Å². The maximum absolute atomic E-state index is 11.7. The van der Waals surface area contributed by atoms with E-state index in [4.69, 9.17) is 10.5 Å². The number of hydrogen-bond donors (Lipinski definition) is 1. The van der Waals surface area contributed by atoms with E-state index in [9.17, 15) is 4.79 Å². The van der Waals surface area contributed by atoms with Crippen molar-refractivity contribution in [2.45, 2.75) is 24.9 Å². The smallest absolute Gasteiger partial charge is 0.415 e. The van der Waals surface area contributed by atoms with E-state index in [1.165, 1.54) is 0 Å². The maximum atomic E-state index is 11.7. The number of cyclic esters (lactones) is 1. The molecule has 1 saturated carbocycles. The fraction of sp³-hybridized carbons (Fsp3) is 0.417. The molecule has 0 unspecified atom stereocenters. The second kappa shape index (κ2) is 3.22. The van der Waals surface area contributed by atoms with Gasteiger partial charge in [0, 0.05) is 12.2 Å². The summed E-state index contributed by atoms with van der Waals surface area (Å²) in [5, 5.41) is 0.